The highest BCUT2D eigenvalue weighted by molar-refractivity contribution is 8.01. The van der Waals surface area contributed by atoms with Gasteiger partial charge in [0.2, 0.25) is 11.8 Å². The molecule has 2 atom stereocenters. The van der Waals surface area contributed by atoms with E-state index in [0.717, 1.165) is 69.1 Å². The number of carbonyl (C=O) groups is 2. The number of hydrogen-bond acceptors (Lipinski definition) is 3. The lowest BCUT2D eigenvalue weighted by Crippen LogP contribution is -3.15. The van der Waals surface area contributed by atoms with Crippen LogP contribution >= 0.6 is 23.4 Å². The van der Waals surface area contributed by atoms with Gasteiger partial charge in [0.25, 0.3) is 0 Å². The van der Waals surface area contributed by atoms with E-state index in [1.165, 1.54) is 4.90 Å². The molecule has 2 saturated heterocycles. The predicted molar refractivity (Wildman–Crippen MR) is 112 cm³/mol. The van der Waals surface area contributed by atoms with Gasteiger partial charge < -0.3 is 14.7 Å². The minimum absolute atomic E-state index is 0.00304. The van der Waals surface area contributed by atoms with Gasteiger partial charge in [-0.1, -0.05) is 36.7 Å². The normalized spacial score (nSPS) is 26.1. The summed E-state index contributed by atoms with van der Waals surface area (Å²) in [5.74, 6) is 0.900. The third-order valence-electron chi connectivity index (χ3n) is 6.09. The molecule has 1 saturated carbocycles. The number of quaternary nitrogens is 1. The number of benzene rings is 1. The number of nitrogens with zero attached hydrogens (tertiary/aromatic N) is 2. The largest absolute Gasteiger partial charge is 0.331 e. The van der Waals surface area contributed by atoms with Gasteiger partial charge in [0, 0.05) is 16.5 Å². The first-order valence-corrected chi connectivity index (χ1v) is 11.7. The van der Waals surface area contributed by atoms with Gasteiger partial charge in [0.1, 0.15) is 5.37 Å². The zero-order valence-corrected chi connectivity index (χ0v) is 18.0. The minimum atomic E-state index is 0.00304. The van der Waals surface area contributed by atoms with Crippen molar-refractivity contribution >= 4 is 35.2 Å². The molecule has 0 radical (unpaired) electrons. The van der Waals surface area contributed by atoms with Gasteiger partial charge in [0.15, 0.2) is 0 Å². The molecule has 3 fully saturated rings. The van der Waals surface area contributed by atoms with Crippen molar-refractivity contribution in [2.75, 3.05) is 39.3 Å². The van der Waals surface area contributed by atoms with E-state index in [4.69, 9.17) is 11.6 Å². The van der Waals surface area contributed by atoms with Crippen LogP contribution < -0.4 is 4.90 Å². The molecule has 1 aromatic rings. The molecule has 1 aromatic carbocycles. The van der Waals surface area contributed by atoms with E-state index in [0.29, 0.717) is 11.8 Å². The third-order valence-corrected chi connectivity index (χ3v) is 8.07. The highest BCUT2D eigenvalue weighted by atomic mass is 35.5. The van der Waals surface area contributed by atoms with Gasteiger partial charge in [0.05, 0.1) is 44.5 Å². The summed E-state index contributed by atoms with van der Waals surface area (Å²) in [7, 11) is 0. The van der Waals surface area contributed by atoms with Crippen LogP contribution in [-0.4, -0.2) is 66.1 Å². The molecule has 3 aliphatic rings. The Hall–Kier alpha value is -1.24. The van der Waals surface area contributed by atoms with Crippen LogP contribution in [0.1, 0.15) is 37.1 Å². The third kappa shape index (κ3) is 4.19. The number of rotatable bonds is 6. The van der Waals surface area contributed by atoms with E-state index < -0.39 is 0 Å². The number of thioether (sulfide) groups is 1. The van der Waals surface area contributed by atoms with Gasteiger partial charge >= 0.3 is 0 Å². The molecule has 1 N–H and O–H groups in total. The fraction of sp³-hybridized carbons (Fsp3) is 0.619. The van der Waals surface area contributed by atoms with Crippen molar-refractivity contribution < 1.29 is 14.5 Å². The summed E-state index contributed by atoms with van der Waals surface area (Å²) in [4.78, 5) is 30.7. The monoisotopic (exact) mass is 422 g/mol. The van der Waals surface area contributed by atoms with Gasteiger partial charge in [-0.2, -0.15) is 0 Å². The molecule has 0 aromatic heterocycles. The molecule has 7 heteroatoms. The summed E-state index contributed by atoms with van der Waals surface area (Å²) in [6, 6.07) is 7.86. The highest BCUT2D eigenvalue weighted by Crippen LogP contribution is 2.45. The molecule has 5 nitrogen and oxygen atoms in total. The second-order valence-corrected chi connectivity index (χ2v) is 9.73. The summed E-state index contributed by atoms with van der Waals surface area (Å²) in [5.41, 5.74) is 1.04. The van der Waals surface area contributed by atoms with Crippen molar-refractivity contribution in [3.8, 4) is 0 Å². The summed E-state index contributed by atoms with van der Waals surface area (Å²) in [6.07, 6.45) is 2.99. The van der Waals surface area contributed by atoms with E-state index in [1.54, 1.807) is 11.8 Å². The Morgan fingerprint density at radius 3 is 2.61 bits per heavy atom. The minimum Gasteiger partial charge on any atom is -0.331 e. The van der Waals surface area contributed by atoms with E-state index in [1.807, 2.05) is 34.1 Å². The lowest BCUT2D eigenvalue weighted by atomic mass is 10.2. The van der Waals surface area contributed by atoms with E-state index >= 15 is 0 Å². The van der Waals surface area contributed by atoms with E-state index in [2.05, 4.69) is 6.92 Å². The first kappa shape index (κ1) is 20.0. The molecule has 152 valence electrons. The Kier molecular flexibility index (Phi) is 6.18. The van der Waals surface area contributed by atoms with Crippen LogP contribution in [0.25, 0.3) is 0 Å². The average Bonchev–Trinajstić information content (AvgIpc) is 3.51. The molecule has 2 aliphatic heterocycles. The SMILES string of the molecule is CC[C@@H]1S[C@H](c2ccccc2Cl)N(CC[NH+]2CCN(C(=O)C3CC3)CC2)C1=O. The summed E-state index contributed by atoms with van der Waals surface area (Å²) < 4.78 is 0. The number of piperazine rings is 1. The van der Waals surface area contributed by atoms with Gasteiger partial charge in [-0.05, 0) is 25.3 Å². The van der Waals surface area contributed by atoms with Gasteiger partial charge in [-0.3, -0.25) is 9.59 Å². The van der Waals surface area contributed by atoms with E-state index in [-0.39, 0.29) is 16.5 Å². The highest BCUT2D eigenvalue weighted by Gasteiger charge is 2.41. The van der Waals surface area contributed by atoms with Crippen LogP contribution in [0.15, 0.2) is 24.3 Å². The van der Waals surface area contributed by atoms with Crippen molar-refractivity contribution in [3.05, 3.63) is 34.9 Å². The van der Waals surface area contributed by atoms with Crippen LogP contribution in [0.4, 0.5) is 0 Å². The molecular formula is C21H29ClN3O2S+. The maximum absolute atomic E-state index is 12.9. The smallest absolute Gasteiger partial charge is 0.237 e. The Morgan fingerprint density at radius 1 is 1.25 bits per heavy atom. The Labute approximate surface area is 176 Å². The molecule has 2 heterocycles. The van der Waals surface area contributed by atoms with Crippen LogP contribution in [-0.2, 0) is 9.59 Å². The summed E-state index contributed by atoms with van der Waals surface area (Å²) in [5, 5.41) is 0.752. The molecule has 4 rings (SSSR count). The Morgan fingerprint density at radius 2 is 1.96 bits per heavy atom. The number of amides is 2. The molecular weight excluding hydrogens is 394 g/mol. The lowest BCUT2D eigenvalue weighted by Gasteiger charge is -2.34. The van der Waals surface area contributed by atoms with Crippen LogP contribution in [0, 0.1) is 5.92 Å². The molecule has 0 bridgehead atoms. The van der Waals surface area contributed by atoms with Crippen molar-refractivity contribution in [2.45, 2.75) is 36.8 Å². The summed E-state index contributed by atoms with van der Waals surface area (Å²) in [6.45, 7) is 7.38. The number of halogens is 1. The van der Waals surface area contributed by atoms with Crippen LogP contribution in [0.2, 0.25) is 5.02 Å². The van der Waals surface area contributed by atoms with Gasteiger partial charge in [-0.15, -0.1) is 11.8 Å². The molecule has 28 heavy (non-hydrogen) atoms. The van der Waals surface area contributed by atoms with Crippen molar-refractivity contribution in [3.63, 3.8) is 0 Å². The second-order valence-electron chi connectivity index (χ2n) is 8.04. The summed E-state index contributed by atoms with van der Waals surface area (Å²) >= 11 is 8.16. The standard InChI is InChI=1S/C21H28ClN3O2S/c1-2-18-20(27)25(21(28-18)16-5-3-4-6-17(16)22)14-11-23-9-12-24(13-10-23)19(26)15-7-8-15/h3-6,15,18,21H,2,7-14H2,1H3/p+1/t18-,21+/m0/s1. The Balaban J connectivity index is 1.36. The lowest BCUT2D eigenvalue weighted by molar-refractivity contribution is -0.903. The maximum Gasteiger partial charge on any atom is 0.237 e. The number of nitrogens with one attached hydrogen (secondary N) is 1. The zero-order valence-electron chi connectivity index (χ0n) is 16.4. The van der Waals surface area contributed by atoms with Crippen LogP contribution in [0.3, 0.4) is 0 Å². The fourth-order valence-electron chi connectivity index (χ4n) is 4.16. The maximum atomic E-state index is 12.9. The van der Waals surface area contributed by atoms with E-state index in [9.17, 15) is 9.59 Å². The fourth-order valence-corrected chi connectivity index (χ4v) is 5.93. The van der Waals surface area contributed by atoms with Crippen molar-refractivity contribution in [1.29, 1.82) is 0 Å². The van der Waals surface area contributed by atoms with Crippen molar-refractivity contribution in [1.82, 2.24) is 9.80 Å². The number of hydrogen-bond donors (Lipinski definition) is 1. The molecule has 2 amide bonds. The quantitative estimate of drug-likeness (QED) is 0.760. The predicted octanol–water partition coefficient (Wildman–Crippen LogP) is 1.83. The molecule has 0 spiro atoms. The van der Waals surface area contributed by atoms with Crippen LogP contribution in [0.5, 0.6) is 0 Å². The first-order valence-electron chi connectivity index (χ1n) is 10.4. The first-order chi connectivity index (χ1) is 13.6. The average molecular weight is 423 g/mol. The zero-order chi connectivity index (χ0) is 19.7. The topological polar surface area (TPSA) is 45.1 Å². The number of carbonyl (C=O) groups excluding carboxylic acids is 2. The molecule has 0 unspecified atom stereocenters. The Bertz CT molecular complexity index is 734. The second kappa shape index (κ2) is 8.64. The molecule has 1 aliphatic carbocycles. The van der Waals surface area contributed by atoms with Crippen molar-refractivity contribution in [2.24, 2.45) is 5.92 Å². The van der Waals surface area contributed by atoms with Gasteiger partial charge in [-0.25, -0.2) is 0 Å².